The highest BCUT2D eigenvalue weighted by Crippen LogP contribution is 2.15. The van der Waals surface area contributed by atoms with Crippen LogP contribution in [0.5, 0.6) is 0 Å². The van der Waals surface area contributed by atoms with E-state index in [-0.39, 0.29) is 11.9 Å². The number of amides is 1. The second-order valence-electron chi connectivity index (χ2n) is 4.95. The fourth-order valence-corrected chi connectivity index (χ4v) is 2.40. The van der Waals surface area contributed by atoms with Gasteiger partial charge < -0.3 is 10.2 Å². The second-order valence-corrected chi connectivity index (χ2v) is 4.95. The molecule has 98 valence electrons. The molecule has 1 aliphatic rings. The lowest BCUT2D eigenvalue weighted by atomic mass is 10.1. The van der Waals surface area contributed by atoms with Gasteiger partial charge >= 0.3 is 0 Å². The quantitative estimate of drug-likeness (QED) is 0.886. The van der Waals surface area contributed by atoms with Crippen molar-refractivity contribution in [2.24, 2.45) is 0 Å². The largest absolute Gasteiger partial charge is 0.374 e. The summed E-state index contributed by atoms with van der Waals surface area (Å²) < 4.78 is 0. The first kappa shape index (κ1) is 12.9. The van der Waals surface area contributed by atoms with Gasteiger partial charge in [0.1, 0.15) is 6.04 Å². The van der Waals surface area contributed by atoms with E-state index in [1.165, 1.54) is 5.56 Å². The van der Waals surface area contributed by atoms with Crippen LogP contribution in [0.4, 0.5) is 5.69 Å². The molecule has 1 unspecified atom stereocenters. The maximum absolute atomic E-state index is 12.2. The lowest BCUT2D eigenvalue weighted by Gasteiger charge is -2.22. The van der Waals surface area contributed by atoms with Crippen molar-refractivity contribution in [3.05, 3.63) is 29.8 Å². The molecule has 2 rings (SSSR count). The summed E-state index contributed by atoms with van der Waals surface area (Å²) in [6.07, 6.45) is 3.30. The molecule has 0 spiro atoms. The first-order chi connectivity index (χ1) is 8.70. The minimum Gasteiger partial charge on any atom is -0.374 e. The Kier molecular flexibility index (Phi) is 4.24. The number of benzene rings is 1. The molecule has 0 bridgehead atoms. The van der Waals surface area contributed by atoms with E-state index in [0.717, 1.165) is 38.0 Å². The smallest absolute Gasteiger partial charge is 0.244 e. The van der Waals surface area contributed by atoms with Crippen molar-refractivity contribution in [2.45, 2.75) is 39.2 Å². The van der Waals surface area contributed by atoms with Crippen LogP contribution in [-0.2, 0) is 11.2 Å². The molecule has 1 aliphatic heterocycles. The van der Waals surface area contributed by atoms with Crippen LogP contribution in [0, 0.1) is 0 Å². The molecule has 3 nitrogen and oxygen atoms in total. The van der Waals surface area contributed by atoms with Gasteiger partial charge in [-0.15, -0.1) is 0 Å². The predicted octanol–water partition coefficient (Wildman–Crippen LogP) is 2.67. The minimum atomic E-state index is -0.143. The monoisotopic (exact) mass is 246 g/mol. The topological polar surface area (TPSA) is 32.3 Å². The zero-order valence-electron chi connectivity index (χ0n) is 11.3. The fraction of sp³-hybridized carbons (Fsp3) is 0.533. The summed E-state index contributed by atoms with van der Waals surface area (Å²) in [6.45, 7) is 5.91. The van der Waals surface area contributed by atoms with E-state index in [2.05, 4.69) is 24.4 Å². The van der Waals surface area contributed by atoms with Gasteiger partial charge in [0.25, 0.3) is 0 Å². The molecule has 1 fully saturated rings. The van der Waals surface area contributed by atoms with Gasteiger partial charge in [-0.25, -0.2) is 0 Å². The first-order valence-electron chi connectivity index (χ1n) is 6.85. The van der Waals surface area contributed by atoms with Crippen LogP contribution >= 0.6 is 0 Å². The third-order valence-electron chi connectivity index (χ3n) is 3.51. The van der Waals surface area contributed by atoms with Crippen molar-refractivity contribution >= 4 is 11.6 Å². The number of hydrogen-bond acceptors (Lipinski definition) is 2. The van der Waals surface area contributed by atoms with Crippen LogP contribution in [0.2, 0.25) is 0 Å². The lowest BCUT2D eigenvalue weighted by Crippen LogP contribution is -2.39. The van der Waals surface area contributed by atoms with E-state index in [4.69, 9.17) is 0 Å². The van der Waals surface area contributed by atoms with Gasteiger partial charge in [0.2, 0.25) is 5.91 Å². The molecule has 0 radical (unpaired) electrons. The van der Waals surface area contributed by atoms with E-state index in [1.54, 1.807) is 0 Å². The number of aryl methyl sites for hydroxylation is 1. The normalized spacial score (nSPS) is 16.7. The maximum atomic E-state index is 12.2. The number of likely N-dealkylation sites (tertiary alicyclic amines) is 1. The summed E-state index contributed by atoms with van der Waals surface area (Å²) in [5.74, 6) is 0.217. The summed E-state index contributed by atoms with van der Waals surface area (Å²) in [7, 11) is 0. The Morgan fingerprint density at radius 2 is 2.11 bits per heavy atom. The molecule has 1 saturated heterocycles. The Morgan fingerprint density at radius 1 is 1.39 bits per heavy atom. The molecule has 18 heavy (non-hydrogen) atoms. The van der Waals surface area contributed by atoms with Crippen LogP contribution in [0.15, 0.2) is 24.3 Å². The maximum Gasteiger partial charge on any atom is 0.244 e. The van der Waals surface area contributed by atoms with Crippen molar-refractivity contribution in [3.8, 4) is 0 Å². The molecule has 0 aromatic heterocycles. The molecule has 1 aromatic carbocycles. The van der Waals surface area contributed by atoms with Gasteiger partial charge in [0.15, 0.2) is 0 Å². The number of rotatable bonds is 4. The van der Waals surface area contributed by atoms with Crippen molar-refractivity contribution in [3.63, 3.8) is 0 Å². The molecule has 0 saturated carbocycles. The number of anilines is 1. The Labute approximate surface area is 109 Å². The van der Waals surface area contributed by atoms with Gasteiger partial charge in [-0.05, 0) is 43.9 Å². The average Bonchev–Trinajstić information content (AvgIpc) is 2.92. The third-order valence-corrected chi connectivity index (χ3v) is 3.51. The van der Waals surface area contributed by atoms with Crippen molar-refractivity contribution in [1.29, 1.82) is 0 Å². The highest BCUT2D eigenvalue weighted by atomic mass is 16.2. The van der Waals surface area contributed by atoms with E-state index in [1.807, 2.05) is 24.0 Å². The molecule has 1 heterocycles. The van der Waals surface area contributed by atoms with Crippen LogP contribution < -0.4 is 5.32 Å². The Hall–Kier alpha value is -1.51. The molecule has 1 N–H and O–H groups in total. The Balaban J connectivity index is 1.97. The van der Waals surface area contributed by atoms with Gasteiger partial charge in [0, 0.05) is 18.8 Å². The molecule has 1 aromatic rings. The van der Waals surface area contributed by atoms with Crippen LogP contribution in [0.25, 0.3) is 0 Å². The van der Waals surface area contributed by atoms with E-state index in [0.29, 0.717) is 0 Å². The number of carbonyl (C=O) groups is 1. The summed E-state index contributed by atoms with van der Waals surface area (Å²) in [5, 5.41) is 3.30. The second kappa shape index (κ2) is 5.89. The van der Waals surface area contributed by atoms with Gasteiger partial charge in [0.05, 0.1) is 0 Å². The van der Waals surface area contributed by atoms with E-state index < -0.39 is 0 Å². The SMILES string of the molecule is CCc1cccc(NC(C)C(=O)N2CCCC2)c1. The molecule has 0 aliphatic carbocycles. The van der Waals surface area contributed by atoms with Crippen LogP contribution in [0.3, 0.4) is 0 Å². The summed E-state index contributed by atoms with van der Waals surface area (Å²) in [6, 6.07) is 8.14. The van der Waals surface area contributed by atoms with Gasteiger partial charge in [-0.3, -0.25) is 4.79 Å². The van der Waals surface area contributed by atoms with Crippen LogP contribution in [-0.4, -0.2) is 29.9 Å². The fourth-order valence-electron chi connectivity index (χ4n) is 2.40. The zero-order chi connectivity index (χ0) is 13.0. The average molecular weight is 246 g/mol. The lowest BCUT2D eigenvalue weighted by molar-refractivity contribution is -0.130. The highest BCUT2D eigenvalue weighted by molar-refractivity contribution is 5.84. The van der Waals surface area contributed by atoms with Crippen molar-refractivity contribution in [1.82, 2.24) is 4.90 Å². The highest BCUT2D eigenvalue weighted by Gasteiger charge is 2.22. The standard InChI is InChI=1S/C15H22N2O/c1-3-13-7-6-8-14(11-13)16-12(2)15(18)17-9-4-5-10-17/h6-8,11-12,16H,3-5,9-10H2,1-2H3. The predicted molar refractivity (Wildman–Crippen MR) is 74.7 cm³/mol. The minimum absolute atomic E-state index is 0.143. The summed E-state index contributed by atoms with van der Waals surface area (Å²) >= 11 is 0. The summed E-state index contributed by atoms with van der Waals surface area (Å²) in [5.41, 5.74) is 2.33. The molecule has 1 atom stereocenters. The molecule has 1 amide bonds. The van der Waals surface area contributed by atoms with E-state index >= 15 is 0 Å². The first-order valence-corrected chi connectivity index (χ1v) is 6.85. The van der Waals surface area contributed by atoms with Crippen molar-refractivity contribution < 1.29 is 4.79 Å². The Morgan fingerprint density at radius 3 is 2.78 bits per heavy atom. The Bertz CT molecular complexity index is 411. The molecular weight excluding hydrogens is 224 g/mol. The van der Waals surface area contributed by atoms with E-state index in [9.17, 15) is 4.79 Å². The van der Waals surface area contributed by atoms with Crippen LogP contribution in [0.1, 0.15) is 32.3 Å². The van der Waals surface area contributed by atoms with Gasteiger partial charge in [-0.2, -0.15) is 0 Å². The third kappa shape index (κ3) is 3.03. The number of hydrogen-bond donors (Lipinski definition) is 1. The molecular formula is C15H22N2O. The van der Waals surface area contributed by atoms with Crippen molar-refractivity contribution in [2.75, 3.05) is 18.4 Å². The summed E-state index contributed by atoms with van der Waals surface area (Å²) in [4.78, 5) is 14.1. The number of carbonyl (C=O) groups excluding carboxylic acids is 1. The van der Waals surface area contributed by atoms with Gasteiger partial charge in [-0.1, -0.05) is 19.1 Å². The zero-order valence-corrected chi connectivity index (χ0v) is 11.3. The number of nitrogens with zero attached hydrogens (tertiary/aromatic N) is 1. The number of nitrogens with one attached hydrogen (secondary N) is 1. The molecule has 3 heteroatoms.